The zero-order chi connectivity index (χ0) is 16.1. The molecule has 0 aliphatic carbocycles. The summed E-state index contributed by atoms with van der Waals surface area (Å²) in [6.45, 7) is 1.92. The Kier molecular flexibility index (Phi) is 5.40. The van der Waals surface area contributed by atoms with Crippen LogP contribution in [0.1, 0.15) is 30.1 Å². The van der Waals surface area contributed by atoms with Gasteiger partial charge in [0, 0.05) is 6.42 Å². The van der Waals surface area contributed by atoms with Gasteiger partial charge in [0.15, 0.2) is 10.2 Å². The third-order valence-electron chi connectivity index (χ3n) is 2.76. The highest BCUT2D eigenvalue weighted by Gasteiger charge is 2.11. The molecule has 116 valence electrons. The SMILES string of the molecule is CCCC(=O)NC(=S)Nc1nc2ccc(C(=O)OC)cc2s1. The Bertz CT molecular complexity index is 727. The smallest absolute Gasteiger partial charge is 0.337 e. The zero-order valence-corrected chi connectivity index (χ0v) is 13.8. The van der Waals surface area contributed by atoms with Gasteiger partial charge < -0.3 is 15.4 Å². The van der Waals surface area contributed by atoms with Gasteiger partial charge in [-0.1, -0.05) is 18.3 Å². The molecule has 2 N–H and O–H groups in total. The minimum atomic E-state index is -0.396. The van der Waals surface area contributed by atoms with Crippen molar-refractivity contribution in [3.63, 3.8) is 0 Å². The number of aromatic nitrogens is 1. The van der Waals surface area contributed by atoms with E-state index in [2.05, 4.69) is 20.4 Å². The number of nitrogens with zero attached hydrogens (tertiary/aromatic N) is 1. The lowest BCUT2D eigenvalue weighted by Crippen LogP contribution is -2.33. The second-order valence-electron chi connectivity index (χ2n) is 4.45. The van der Waals surface area contributed by atoms with Crippen molar-refractivity contribution in [2.24, 2.45) is 0 Å². The number of esters is 1. The molecule has 1 aromatic carbocycles. The van der Waals surface area contributed by atoms with Crippen molar-refractivity contribution in [3.8, 4) is 0 Å². The molecule has 22 heavy (non-hydrogen) atoms. The molecule has 0 atom stereocenters. The molecule has 1 heterocycles. The average Bonchev–Trinajstić information content (AvgIpc) is 2.87. The van der Waals surface area contributed by atoms with E-state index in [1.165, 1.54) is 18.4 Å². The Morgan fingerprint density at radius 1 is 1.41 bits per heavy atom. The maximum Gasteiger partial charge on any atom is 0.337 e. The van der Waals surface area contributed by atoms with Gasteiger partial charge in [-0.25, -0.2) is 9.78 Å². The summed E-state index contributed by atoms with van der Waals surface area (Å²) in [4.78, 5) is 27.3. The van der Waals surface area contributed by atoms with Gasteiger partial charge in [-0.3, -0.25) is 4.79 Å². The summed E-state index contributed by atoms with van der Waals surface area (Å²) in [5.41, 5.74) is 1.20. The Balaban J connectivity index is 2.11. The predicted molar refractivity (Wildman–Crippen MR) is 90.2 cm³/mol. The molecule has 2 aromatic rings. The molecule has 0 radical (unpaired) electrons. The first-order valence-corrected chi connectivity index (χ1v) is 7.85. The minimum absolute atomic E-state index is 0.130. The van der Waals surface area contributed by atoms with Crippen molar-refractivity contribution < 1.29 is 14.3 Å². The number of amides is 1. The van der Waals surface area contributed by atoms with E-state index in [0.29, 0.717) is 17.1 Å². The van der Waals surface area contributed by atoms with Crippen LogP contribution in [0.4, 0.5) is 5.13 Å². The fourth-order valence-electron chi connectivity index (χ4n) is 1.77. The fraction of sp³-hybridized carbons (Fsp3) is 0.286. The maximum absolute atomic E-state index is 11.5. The van der Waals surface area contributed by atoms with E-state index >= 15 is 0 Å². The monoisotopic (exact) mass is 337 g/mol. The van der Waals surface area contributed by atoms with Crippen LogP contribution in [0.15, 0.2) is 18.2 Å². The van der Waals surface area contributed by atoms with Crippen molar-refractivity contribution in [1.82, 2.24) is 10.3 Å². The molecule has 8 heteroatoms. The minimum Gasteiger partial charge on any atom is -0.465 e. The van der Waals surface area contributed by atoms with Crippen LogP contribution in [-0.4, -0.2) is 29.1 Å². The summed E-state index contributed by atoms with van der Waals surface area (Å²) >= 11 is 6.41. The van der Waals surface area contributed by atoms with Crippen LogP contribution in [0, 0.1) is 0 Å². The summed E-state index contributed by atoms with van der Waals surface area (Å²) in [6, 6.07) is 5.10. The standard InChI is InChI=1S/C14H15N3O3S2/c1-3-4-11(18)16-13(21)17-14-15-9-6-5-8(12(19)20-2)7-10(9)22-14/h5-7H,3-4H2,1-2H3,(H2,15,16,17,18,21). The molecule has 0 saturated heterocycles. The molecular formula is C14H15N3O3S2. The highest BCUT2D eigenvalue weighted by Crippen LogP contribution is 2.27. The first kappa shape index (κ1) is 16.3. The lowest BCUT2D eigenvalue weighted by Gasteiger charge is -2.05. The number of carbonyl (C=O) groups is 2. The van der Waals surface area contributed by atoms with E-state index in [-0.39, 0.29) is 11.0 Å². The first-order valence-electron chi connectivity index (χ1n) is 6.63. The second-order valence-corrected chi connectivity index (χ2v) is 5.88. The van der Waals surface area contributed by atoms with Crippen molar-refractivity contribution in [3.05, 3.63) is 23.8 Å². The lowest BCUT2D eigenvalue weighted by atomic mass is 10.2. The number of ether oxygens (including phenoxy) is 1. The Morgan fingerprint density at radius 2 is 2.18 bits per heavy atom. The number of rotatable bonds is 4. The quantitative estimate of drug-likeness (QED) is 0.659. The van der Waals surface area contributed by atoms with Gasteiger partial charge in [-0.15, -0.1) is 0 Å². The third kappa shape index (κ3) is 3.99. The van der Waals surface area contributed by atoms with E-state index in [1.807, 2.05) is 6.92 Å². The van der Waals surface area contributed by atoms with Gasteiger partial charge >= 0.3 is 5.97 Å². The van der Waals surface area contributed by atoms with Crippen molar-refractivity contribution in [2.75, 3.05) is 12.4 Å². The molecule has 0 unspecified atom stereocenters. The molecule has 0 aliphatic rings. The summed E-state index contributed by atoms with van der Waals surface area (Å²) in [5.74, 6) is -0.527. The molecule has 0 aliphatic heterocycles. The number of nitrogens with one attached hydrogen (secondary N) is 2. The topological polar surface area (TPSA) is 80.3 Å². The van der Waals surface area contributed by atoms with Crippen molar-refractivity contribution >= 4 is 55.9 Å². The number of thiocarbonyl (C=S) groups is 1. The second kappa shape index (κ2) is 7.28. The molecule has 1 amide bonds. The highest BCUT2D eigenvalue weighted by atomic mass is 32.1. The summed E-state index contributed by atoms with van der Waals surface area (Å²) < 4.78 is 5.51. The molecule has 1 aromatic heterocycles. The zero-order valence-electron chi connectivity index (χ0n) is 12.1. The molecule has 0 bridgehead atoms. The third-order valence-corrected chi connectivity index (χ3v) is 3.90. The lowest BCUT2D eigenvalue weighted by molar-refractivity contribution is -0.119. The molecule has 0 spiro atoms. The maximum atomic E-state index is 11.5. The predicted octanol–water partition coefficient (Wildman–Crippen LogP) is 2.70. The normalized spacial score (nSPS) is 10.3. The number of carbonyl (C=O) groups excluding carboxylic acids is 2. The largest absolute Gasteiger partial charge is 0.465 e. The van der Waals surface area contributed by atoms with Gasteiger partial charge in [0.1, 0.15) is 0 Å². The van der Waals surface area contributed by atoms with E-state index in [9.17, 15) is 9.59 Å². The fourth-order valence-corrected chi connectivity index (χ4v) is 2.95. The molecule has 0 fully saturated rings. The molecular weight excluding hydrogens is 322 g/mol. The summed E-state index contributed by atoms with van der Waals surface area (Å²) in [5, 5.41) is 6.23. The van der Waals surface area contributed by atoms with Gasteiger partial charge in [0.2, 0.25) is 5.91 Å². The molecule has 6 nitrogen and oxygen atoms in total. The Labute approximate surface area is 136 Å². The van der Waals surface area contributed by atoms with Crippen LogP contribution < -0.4 is 10.6 Å². The van der Waals surface area contributed by atoms with Crippen LogP contribution in [0.3, 0.4) is 0 Å². The van der Waals surface area contributed by atoms with Crippen molar-refractivity contribution in [2.45, 2.75) is 19.8 Å². The number of anilines is 1. The van der Waals surface area contributed by atoms with E-state index in [4.69, 9.17) is 12.2 Å². The van der Waals surface area contributed by atoms with E-state index in [0.717, 1.165) is 16.6 Å². The van der Waals surface area contributed by atoms with Gasteiger partial charge in [-0.05, 0) is 36.8 Å². The molecule has 2 rings (SSSR count). The Hall–Kier alpha value is -2.06. The number of thiazole rings is 1. The van der Waals surface area contributed by atoms with Crippen LogP contribution in [0.25, 0.3) is 10.2 Å². The first-order chi connectivity index (χ1) is 10.5. The van der Waals surface area contributed by atoms with Gasteiger partial charge in [0.05, 0.1) is 22.9 Å². The Morgan fingerprint density at radius 3 is 2.86 bits per heavy atom. The highest BCUT2D eigenvalue weighted by molar-refractivity contribution is 7.80. The van der Waals surface area contributed by atoms with E-state index < -0.39 is 5.97 Å². The van der Waals surface area contributed by atoms with Crippen LogP contribution in [0.5, 0.6) is 0 Å². The van der Waals surface area contributed by atoms with E-state index in [1.54, 1.807) is 18.2 Å². The van der Waals surface area contributed by atoms with Gasteiger partial charge in [-0.2, -0.15) is 0 Å². The van der Waals surface area contributed by atoms with Crippen molar-refractivity contribution in [1.29, 1.82) is 0 Å². The summed E-state index contributed by atoms with van der Waals surface area (Å²) in [7, 11) is 1.34. The number of methoxy groups -OCH3 is 1. The van der Waals surface area contributed by atoms with Gasteiger partial charge in [0.25, 0.3) is 0 Å². The van der Waals surface area contributed by atoms with Crippen LogP contribution >= 0.6 is 23.6 Å². The number of hydrogen-bond donors (Lipinski definition) is 2. The molecule has 0 saturated carbocycles. The average molecular weight is 337 g/mol. The number of fused-ring (bicyclic) bond motifs is 1. The van der Waals surface area contributed by atoms with Crippen LogP contribution in [0.2, 0.25) is 0 Å². The number of hydrogen-bond acceptors (Lipinski definition) is 6. The van der Waals surface area contributed by atoms with Crippen LogP contribution in [-0.2, 0) is 9.53 Å². The number of benzene rings is 1. The summed E-state index contributed by atoms with van der Waals surface area (Å²) in [6.07, 6.45) is 1.18.